The predicted molar refractivity (Wildman–Crippen MR) is 106 cm³/mol. The van der Waals surface area contributed by atoms with Crippen molar-refractivity contribution in [1.82, 2.24) is 10.2 Å². The molecule has 0 saturated carbocycles. The molecule has 6 heteroatoms. The molecule has 1 saturated heterocycles. The maximum absolute atomic E-state index is 12.9. The summed E-state index contributed by atoms with van der Waals surface area (Å²) in [5.74, 6) is 0.762. The van der Waals surface area contributed by atoms with Crippen LogP contribution in [-0.4, -0.2) is 44.2 Å². The lowest BCUT2D eigenvalue weighted by Gasteiger charge is -2.35. The lowest BCUT2D eigenvalue weighted by Crippen LogP contribution is -2.41. The molecule has 2 aromatic rings. The third kappa shape index (κ3) is 5.70. The van der Waals surface area contributed by atoms with E-state index in [2.05, 4.69) is 22.3 Å². The Hall–Kier alpha value is -2.60. The highest BCUT2D eigenvalue weighted by Gasteiger charge is 2.23. The number of amides is 1. The molecule has 150 valence electrons. The average molecular weight is 386 g/mol. The number of piperidine rings is 1. The van der Waals surface area contributed by atoms with Crippen molar-refractivity contribution < 1.29 is 18.7 Å². The van der Waals surface area contributed by atoms with Gasteiger partial charge in [-0.3, -0.25) is 9.69 Å². The zero-order valence-corrected chi connectivity index (χ0v) is 16.2. The number of hydrogen-bond acceptors (Lipinski definition) is 4. The van der Waals surface area contributed by atoms with E-state index in [0.717, 1.165) is 24.4 Å². The second-order valence-electron chi connectivity index (χ2n) is 6.93. The van der Waals surface area contributed by atoms with Crippen LogP contribution in [0, 0.1) is 5.82 Å². The molecular weight excluding hydrogens is 359 g/mol. The molecule has 0 aromatic heterocycles. The molecule has 2 aromatic carbocycles. The van der Waals surface area contributed by atoms with Crippen molar-refractivity contribution in [2.24, 2.45) is 0 Å². The summed E-state index contributed by atoms with van der Waals surface area (Å²) in [5.41, 5.74) is 1.16. The summed E-state index contributed by atoms with van der Waals surface area (Å²) >= 11 is 0. The molecule has 1 fully saturated rings. The van der Waals surface area contributed by atoms with Gasteiger partial charge in [0.2, 0.25) is 0 Å². The number of nitrogens with zero attached hydrogens (tertiary/aromatic N) is 1. The monoisotopic (exact) mass is 386 g/mol. The van der Waals surface area contributed by atoms with Gasteiger partial charge >= 0.3 is 0 Å². The van der Waals surface area contributed by atoms with Crippen LogP contribution in [0.1, 0.15) is 30.9 Å². The smallest absolute Gasteiger partial charge is 0.258 e. The fraction of sp³-hybridized carbons (Fsp3) is 0.409. The van der Waals surface area contributed by atoms with Gasteiger partial charge in [-0.25, -0.2) is 4.39 Å². The fourth-order valence-electron chi connectivity index (χ4n) is 3.46. The van der Waals surface area contributed by atoms with Gasteiger partial charge in [-0.15, -0.1) is 0 Å². The van der Waals surface area contributed by atoms with Crippen molar-refractivity contribution in [1.29, 1.82) is 0 Å². The molecule has 0 aliphatic carbocycles. The van der Waals surface area contributed by atoms with E-state index in [9.17, 15) is 9.18 Å². The van der Waals surface area contributed by atoms with Crippen LogP contribution >= 0.6 is 0 Å². The highest BCUT2D eigenvalue weighted by Crippen LogP contribution is 2.25. The molecule has 0 bridgehead atoms. The first-order valence-corrected chi connectivity index (χ1v) is 9.69. The Labute approximate surface area is 165 Å². The second kappa shape index (κ2) is 10.1. The molecule has 1 aliphatic heterocycles. The molecule has 5 nitrogen and oxygen atoms in total. The summed E-state index contributed by atoms with van der Waals surface area (Å²) in [7, 11) is 1.65. The van der Waals surface area contributed by atoms with Gasteiger partial charge in [-0.05, 0) is 67.9 Å². The summed E-state index contributed by atoms with van der Waals surface area (Å²) in [5, 5.41) is 2.98. The third-order valence-electron chi connectivity index (χ3n) is 5.01. The van der Waals surface area contributed by atoms with E-state index in [0.29, 0.717) is 12.3 Å². The van der Waals surface area contributed by atoms with Crippen LogP contribution in [0.15, 0.2) is 48.5 Å². The van der Waals surface area contributed by atoms with Crippen molar-refractivity contribution in [3.05, 3.63) is 59.9 Å². The second-order valence-corrected chi connectivity index (χ2v) is 6.93. The highest BCUT2D eigenvalue weighted by molar-refractivity contribution is 5.77. The quantitative estimate of drug-likeness (QED) is 0.754. The van der Waals surface area contributed by atoms with Crippen LogP contribution < -0.4 is 14.8 Å². The molecule has 0 spiro atoms. The van der Waals surface area contributed by atoms with E-state index < -0.39 is 0 Å². The molecule has 1 N–H and O–H groups in total. The van der Waals surface area contributed by atoms with Crippen molar-refractivity contribution >= 4 is 5.91 Å². The number of nitrogens with one attached hydrogen (secondary N) is 1. The first-order chi connectivity index (χ1) is 13.7. The number of methoxy groups -OCH3 is 1. The SMILES string of the molecule is COc1ccc([C@@H](CNC(=O)COc2ccc(F)cc2)N2CCCCC2)cc1. The van der Waals surface area contributed by atoms with E-state index in [-0.39, 0.29) is 24.4 Å². The van der Waals surface area contributed by atoms with Crippen LogP contribution in [-0.2, 0) is 4.79 Å². The Morgan fingerprint density at radius 3 is 2.32 bits per heavy atom. The maximum atomic E-state index is 12.9. The average Bonchev–Trinajstić information content (AvgIpc) is 2.74. The topological polar surface area (TPSA) is 50.8 Å². The first kappa shape index (κ1) is 20.1. The Kier molecular flexibility index (Phi) is 7.25. The number of rotatable bonds is 8. The number of ether oxygens (including phenoxy) is 2. The first-order valence-electron chi connectivity index (χ1n) is 9.69. The van der Waals surface area contributed by atoms with Crippen LogP contribution in [0.25, 0.3) is 0 Å². The molecule has 0 unspecified atom stereocenters. The summed E-state index contributed by atoms with van der Waals surface area (Å²) in [6.45, 7) is 2.47. The van der Waals surface area contributed by atoms with Gasteiger partial charge in [0.05, 0.1) is 13.2 Å². The third-order valence-corrected chi connectivity index (χ3v) is 5.01. The Balaban J connectivity index is 1.58. The normalized spacial score (nSPS) is 15.6. The number of hydrogen-bond donors (Lipinski definition) is 1. The van der Waals surface area contributed by atoms with Gasteiger partial charge in [0.1, 0.15) is 17.3 Å². The molecule has 1 aliphatic rings. The van der Waals surface area contributed by atoms with Crippen molar-refractivity contribution in [3.63, 3.8) is 0 Å². The minimum Gasteiger partial charge on any atom is -0.497 e. The number of carbonyl (C=O) groups is 1. The number of halogens is 1. The van der Waals surface area contributed by atoms with Gasteiger partial charge in [-0.2, -0.15) is 0 Å². The van der Waals surface area contributed by atoms with Crippen molar-refractivity contribution in [2.45, 2.75) is 25.3 Å². The van der Waals surface area contributed by atoms with Crippen LogP contribution in [0.3, 0.4) is 0 Å². The van der Waals surface area contributed by atoms with Crippen LogP contribution in [0.4, 0.5) is 4.39 Å². The predicted octanol–water partition coefficient (Wildman–Crippen LogP) is 3.56. The zero-order chi connectivity index (χ0) is 19.8. The molecule has 1 amide bonds. The van der Waals surface area contributed by atoms with Crippen LogP contribution in [0.5, 0.6) is 11.5 Å². The molecular formula is C22H27FN2O3. The minimum absolute atomic E-state index is 0.0963. The number of likely N-dealkylation sites (tertiary alicyclic amines) is 1. The van der Waals surface area contributed by atoms with Gasteiger partial charge < -0.3 is 14.8 Å². The van der Waals surface area contributed by atoms with Gasteiger partial charge in [0.25, 0.3) is 5.91 Å². The summed E-state index contributed by atoms with van der Waals surface area (Å²) in [6, 6.07) is 13.8. The minimum atomic E-state index is -0.333. The Morgan fingerprint density at radius 2 is 1.68 bits per heavy atom. The Bertz CT molecular complexity index is 743. The zero-order valence-electron chi connectivity index (χ0n) is 16.2. The van der Waals surface area contributed by atoms with E-state index in [1.807, 2.05) is 12.1 Å². The lowest BCUT2D eigenvalue weighted by molar-refractivity contribution is -0.123. The summed E-state index contributed by atoms with van der Waals surface area (Å²) in [4.78, 5) is 14.7. The van der Waals surface area contributed by atoms with Gasteiger partial charge in [-0.1, -0.05) is 18.6 Å². The van der Waals surface area contributed by atoms with E-state index in [1.54, 1.807) is 7.11 Å². The van der Waals surface area contributed by atoms with Crippen molar-refractivity contribution in [3.8, 4) is 11.5 Å². The van der Waals surface area contributed by atoms with Gasteiger partial charge in [0.15, 0.2) is 6.61 Å². The largest absolute Gasteiger partial charge is 0.497 e. The fourth-order valence-corrected chi connectivity index (χ4v) is 3.46. The highest BCUT2D eigenvalue weighted by atomic mass is 19.1. The van der Waals surface area contributed by atoms with Crippen molar-refractivity contribution in [2.75, 3.05) is 33.4 Å². The van der Waals surface area contributed by atoms with E-state index >= 15 is 0 Å². The standard InChI is InChI=1S/C22H27FN2O3/c1-27-19-9-5-17(6-10-19)21(25-13-3-2-4-14-25)15-24-22(26)16-28-20-11-7-18(23)8-12-20/h5-12,21H,2-4,13-16H2,1H3,(H,24,26)/t21-/m1/s1. The lowest BCUT2D eigenvalue weighted by atomic mass is 10.0. The van der Waals surface area contributed by atoms with E-state index in [1.165, 1.54) is 43.5 Å². The molecule has 1 heterocycles. The summed E-state index contributed by atoms with van der Waals surface area (Å²) in [6.07, 6.45) is 3.60. The Morgan fingerprint density at radius 1 is 1.04 bits per heavy atom. The van der Waals surface area contributed by atoms with Gasteiger partial charge in [0, 0.05) is 6.54 Å². The number of carbonyl (C=O) groups excluding carboxylic acids is 1. The molecule has 28 heavy (non-hydrogen) atoms. The molecule has 0 radical (unpaired) electrons. The van der Waals surface area contributed by atoms with E-state index in [4.69, 9.17) is 9.47 Å². The molecule has 3 rings (SSSR count). The van der Waals surface area contributed by atoms with Crippen LogP contribution in [0.2, 0.25) is 0 Å². The molecule has 1 atom stereocenters. The maximum Gasteiger partial charge on any atom is 0.258 e. The number of benzene rings is 2. The summed E-state index contributed by atoms with van der Waals surface area (Å²) < 4.78 is 23.6.